The Labute approximate surface area is 125 Å². The van der Waals surface area contributed by atoms with E-state index in [-0.39, 0.29) is 5.91 Å². The fraction of sp³-hybridized carbons (Fsp3) is 0.500. The van der Waals surface area contributed by atoms with Gasteiger partial charge in [0.15, 0.2) is 0 Å². The van der Waals surface area contributed by atoms with E-state index in [1.807, 2.05) is 25.1 Å². The Balaban J connectivity index is 2.12. The van der Waals surface area contributed by atoms with Gasteiger partial charge in [-0.25, -0.2) is 8.42 Å². The van der Waals surface area contributed by atoms with Gasteiger partial charge in [0.25, 0.3) is 5.91 Å². The van der Waals surface area contributed by atoms with Crippen LogP contribution in [0.1, 0.15) is 15.9 Å². The number of piperazine rings is 1. The van der Waals surface area contributed by atoms with Crippen molar-refractivity contribution in [1.29, 1.82) is 0 Å². The van der Waals surface area contributed by atoms with E-state index in [4.69, 9.17) is 0 Å². The van der Waals surface area contributed by atoms with E-state index in [0.717, 1.165) is 11.3 Å². The number of rotatable bonds is 3. The molecule has 1 aliphatic heterocycles. The highest BCUT2D eigenvalue weighted by Crippen LogP contribution is 2.20. The minimum atomic E-state index is -3.18. The molecule has 0 bridgehead atoms. The number of benzene rings is 1. The van der Waals surface area contributed by atoms with E-state index in [2.05, 4.69) is 5.32 Å². The van der Waals surface area contributed by atoms with Crippen molar-refractivity contribution in [2.75, 3.05) is 44.8 Å². The van der Waals surface area contributed by atoms with Crippen molar-refractivity contribution in [2.24, 2.45) is 0 Å². The molecule has 21 heavy (non-hydrogen) atoms. The van der Waals surface area contributed by atoms with Crippen LogP contribution in [0.4, 0.5) is 5.69 Å². The van der Waals surface area contributed by atoms with E-state index < -0.39 is 10.0 Å². The average Bonchev–Trinajstić information content (AvgIpc) is 2.45. The molecule has 1 heterocycles. The fourth-order valence-corrected chi connectivity index (χ4v) is 3.27. The zero-order valence-electron chi connectivity index (χ0n) is 12.6. The number of carbonyl (C=O) groups is 1. The quantitative estimate of drug-likeness (QED) is 0.894. The van der Waals surface area contributed by atoms with Crippen LogP contribution in [0.3, 0.4) is 0 Å². The van der Waals surface area contributed by atoms with Gasteiger partial charge in [-0.05, 0) is 24.6 Å². The van der Waals surface area contributed by atoms with Gasteiger partial charge in [-0.1, -0.05) is 6.07 Å². The average molecular weight is 311 g/mol. The lowest BCUT2D eigenvalue weighted by Gasteiger charge is -2.33. The summed E-state index contributed by atoms with van der Waals surface area (Å²) in [5.74, 6) is -0.0625. The standard InChI is InChI=1S/C14H21N3O3S/c1-11-4-5-12(13(10-11)15-2)14(18)16-6-8-17(9-7-16)21(3,19)20/h4-5,10,15H,6-9H2,1-3H3. The number of nitrogens with zero attached hydrogens (tertiary/aromatic N) is 2. The van der Waals surface area contributed by atoms with Crippen molar-refractivity contribution >= 4 is 21.6 Å². The van der Waals surface area contributed by atoms with Crippen LogP contribution in [0, 0.1) is 6.92 Å². The Morgan fingerprint density at radius 1 is 1.19 bits per heavy atom. The zero-order valence-corrected chi connectivity index (χ0v) is 13.4. The largest absolute Gasteiger partial charge is 0.387 e. The maximum Gasteiger partial charge on any atom is 0.256 e. The van der Waals surface area contributed by atoms with Crippen molar-refractivity contribution in [3.05, 3.63) is 29.3 Å². The number of aryl methyl sites for hydroxylation is 1. The minimum Gasteiger partial charge on any atom is -0.387 e. The molecule has 1 aliphatic rings. The van der Waals surface area contributed by atoms with E-state index >= 15 is 0 Å². The Hall–Kier alpha value is -1.60. The second kappa shape index (κ2) is 6.03. The predicted molar refractivity (Wildman–Crippen MR) is 83.0 cm³/mol. The molecule has 0 saturated carbocycles. The van der Waals surface area contributed by atoms with Gasteiger partial charge in [-0.3, -0.25) is 4.79 Å². The lowest BCUT2D eigenvalue weighted by Crippen LogP contribution is -2.50. The van der Waals surface area contributed by atoms with Crippen molar-refractivity contribution in [3.63, 3.8) is 0 Å². The van der Waals surface area contributed by atoms with Gasteiger partial charge in [0.2, 0.25) is 10.0 Å². The topological polar surface area (TPSA) is 69.7 Å². The van der Waals surface area contributed by atoms with E-state index in [0.29, 0.717) is 31.7 Å². The zero-order chi connectivity index (χ0) is 15.6. The molecule has 0 spiro atoms. The fourth-order valence-electron chi connectivity index (χ4n) is 2.44. The molecule has 2 rings (SSSR count). The molecule has 1 fully saturated rings. The minimum absolute atomic E-state index is 0.0625. The third kappa shape index (κ3) is 3.54. The molecule has 0 aromatic heterocycles. The Bertz CT molecular complexity index is 635. The summed E-state index contributed by atoms with van der Waals surface area (Å²) in [5, 5.41) is 3.04. The third-order valence-corrected chi connectivity index (χ3v) is 4.97. The number of nitrogens with one attached hydrogen (secondary N) is 1. The molecule has 1 amide bonds. The molecule has 0 unspecified atom stereocenters. The van der Waals surface area contributed by atoms with Gasteiger partial charge in [0.05, 0.1) is 11.8 Å². The number of hydrogen-bond donors (Lipinski definition) is 1. The Morgan fingerprint density at radius 3 is 2.33 bits per heavy atom. The first kappa shape index (κ1) is 15.8. The molecular formula is C14H21N3O3S. The summed E-state index contributed by atoms with van der Waals surface area (Å²) < 4.78 is 24.4. The molecular weight excluding hydrogens is 290 g/mol. The van der Waals surface area contributed by atoms with Gasteiger partial charge >= 0.3 is 0 Å². The summed E-state index contributed by atoms with van der Waals surface area (Å²) in [5.41, 5.74) is 2.50. The summed E-state index contributed by atoms with van der Waals surface area (Å²) in [6.07, 6.45) is 1.20. The first-order valence-corrected chi connectivity index (χ1v) is 8.70. The predicted octanol–water partition coefficient (Wildman–Crippen LogP) is 0.754. The van der Waals surface area contributed by atoms with Crippen LogP contribution >= 0.6 is 0 Å². The molecule has 1 aromatic rings. The maximum atomic E-state index is 12.6. The highest BCUT2D eigenvalue weighted by atomic mass is 32.2. The van der Waals surface area contributed by atoms with E-state index in [9.17, 15) is 13.2 Å². The normalized spacial score (nSPS) is 16.8. The van der Waals surface area contributed by atoms with Crippen molar-refractivity contribution in [2.45, 2.75) is 6.92 Å². The van der Waals surface area contributed by atoms with Crippen molar-refractivity contribution < 1.29 is 13.2 Å². The first-order valence-electron chi connectivity index (χ1n) is 6.85. The monoisotopic (exact) mass is 311 g/mol. The van der Waals surface area contributed by atoms with E-state index in [1.165, 1.54) is 10.6 Å². The maximum absolute atomic E-state index is 12.6. The van der Waals surface area contributed by atoms with Crippen LogP contribution in [0.2, 0.25) is 0 Å². The number of carbonyl (C=O) groups excluding carboxylic acids is 1. The van der Waals surface area contributed by atoms with Gasteiger partial charge in [0.1, 0.15) is 0 Å². The first-order chi connectivity index (χ1) is 9.82. The smallest absolute Gasteiger partial charge is 0.256 e. The highest BCUT2D eigenvalue weighted by molar-refractivity contribution is 7.88. The molecule has 1 N–H and O–H groups in total. The SMILES string of the molecule is CNc1cc(C)ccc1C(=O)N1CCN(S(C)(=O)=O)CC1. The lowest BCUT2D eigenvalue weighted by molar-refractivity contribution is 0.0699. The van der Waals surface area contributed by atoms with Crippen LogP contribution in [0.25, 0.3) is 0 Å². The van der Waals surface area contributed by atoms with Crippen LogP contribution in [0.5, 0.6) is 0 Å². The number of amides is 1. The van der Waals surface area contributed by atoms with Gasteiger partial charge < -0.3 is 10.2 Å². The third-order valence-electron chi connectivity index (χ3n) is 3.67. The molecule has 7 heteroatoms. The molecule has 1 saturated heterocycles. The molecule has 6 nitrogen and oxygen atoms in total. The van der Waals surface area contributed by atoms with Crippen LogP contribution < -0.4 is 5.32 Å². The van der Waals surface area contributed by atoms with Crippen LogP contribution in [-0.4, -0.2) is 63.0 Å². The van der Waals surface area contributed by atoms with Gasteiger partial charge in [-0.2, -0.15) is 4.31 Å². The Kier molecular flexibility index (Phi) is 4.53. The second-order valence-electron chi connectivity index (χ2n) is 5.25. The summed E-state index contributed by atoms with van der Waals surface area (Å²) in [6.45, 7) is 3.52. The lowest BCUT2D eigenvalue weighted by atomic mass is 10.1. The second-order valence-corrected chi connectivity index (χ2v) is 7.24. The van der Waals surface area contributed by atoms with E-state index in [1.54, 1.807) is 11.9 Å². The summed E-state index contributed by atoms with van der Waals surface area (Å²) in [7, 11) is -1.39. The molecule has 116 valence electrons. The molecule has 0 radical (unpaired) electrons. The molecule has 0 aliphatic carbocycles. The van der Waals surface area contributed by atoms with Gasteiger partial charge in [-0.15, -0.1) is 0 Å². The molecule has 1 aromatic carbocycles. The summed E-state index contributed by atoms with van der Waals surface area (Å²) in [4.78, 5) is 14.3. The summed E-state index contributed by atoms with van der Waals surface area (Å²) >= 11 is 0. The number of sulfonamides is 1. The number of hydrogen-bond acceptors (Lipinski definition) is 4. The van der Waals surface area contributed by atoms with Crippen LogP contribution in [0.15, 0.2) is 18.2 Å². The Morgan fingerprint density at radius 2 is 1.81 bits per heavy atom. The van der Waals surface area contributed by atoms with Crippen molar-refractivity contribution in [1.82, 2.24) is 9.21 Å². The number of anilines is 1. The summed E-state index contributed by atoms with van der Waals surface area (Å²) in [6, 6.07) is 5.65. The van der Waals surface area contributed by atoms with Gasteiger partial charge in [0, 0.05) is 38.9 Å². The molecule has 0 atom stereocenters. The highest BCUT2D eigenvalue weighted by Gasteiger charge is 2.27. The van der Waals surface area contributed by atoms with Crippen LogP contribution in [-0.2, 0) is 10.0 Å². The van der Waals surface area contributed by atoms with Crippen molar-refractivity contribution in [3.8, 4) is 0 Å².